The van der Waals surface area contributed by atoms with E-state index >= 15 is 0 Å². The van der Waals surface area contributed by atoms with E-state index in [2.05, 4.69) is 0 Å². The Hall–Kier alpha value is -0.660. The summed E-state index contributed by atoms with van der Waals surface area (Å²) in [4.78, 5) is 0. The van der Waals surface area contributed by atoms with Gasteiger partial charge in [0.25, 0.3) is 0 Å². The molecule has 0 fully saturated rings. The molecule has 1 rings (SSSR count). The van der Waals surface area contributed by atoms with Gasteiger partial charge in [-0.2, -0.15) is 0 Å². The first-order valence-electron chi connectivity index (χ1n) is 3.74. The summed E-state index contributed by atoms with van der Waals surface area (Å²) in [5.74, 6) is 1.83. The molecule has 0 aliphatic carbocycles. The molecule has 10 heavy (non-hydrogen) atoms. The lowest BCUT2D eigenvalue weighted by Crippen LogP contribution is -2.10. The highest BCUT2D eigenvalue weighted by Gasteiger charge is 2.04. The fraction of sp³-hybridized carbons (Fsp3) is 0.750. The second kappa shape index (κ2) is 5.15. The van der Waals surface area contributed by atoms with Crippen LogP contribution >= 0.6 is 0 Å². The molecule has 0 saturated carbocycles. The molecule has 0 N–H and O–H groups in total. The molecule has 0 spiro atoms. The highest BCUT2D eigenvalue weighted by Crippen LogP contribution is 2.10. The molecular formula is C8H16O2. The minimum atomic E-state index is 0.698. The molecule has 0 bridgehead atoms. The standard InChI is InChI=1S/C6H10O2.C2H6/c1-5-6(2)8-4-3-7-5;1-2/h3-4H2,1-2H3;1-2H3. The molecule has 2 nitrogen and oxygen atoms in total. The first-order valence-corrected chi connectivity index (χ1v) is 3.74. The van der Waals surface area contributed by atoms with Crippen LogP contribution in [0.3, 0.4) is 0 Å². The summed E-state index contributed by atoms with van der Waals surface area (Å²) in [7, 11) is 0. The van der Waals surface area contributed by atoms with Crippen LogP contribution in [0.1, 0.15) is 27.7 Å². The van der Waals surface area contributed by atoms with Gasteiger partial charge in [0.05, 0.1) is 0 Å². The third-order valence-electron chi connectivity index (χ3n) is 1.22. The zero-order valence-electron chi connectivity index (χ0n) is 7.23. The predicted molar refractivity (Wildman–Crippen MR) is 41.6 cm³/mol. The molecule has 0 amide bonds. The largest absolute Gasteiger partial charge is 0.491 e. The third-order valence-corrected chi connectivity index (χ3v) is 1.22. The fourth-order valence-corrected chi connectivity index (χ4v) is 0.593. The van der Waals surface area contributed by atoms with Gasteiger partial charge in [0.15, 0.2) is 0 Å². The maximum absolute atomic E-state index is 5.14. The second-order valence-corrected chi connectivity index (χ2v) is 1.81. The molecule has 0 aromatic carbocycles. The Bertz CT molecular complexity index is 102. The van der Waals surface area contributed by atoms with E-state index in [1.54, 1.807) is 0 Å². The van der Waals surface area contributed by atoms with E-state index in [0.29, 0.717) is 13.2 Å². The quantitative estimate of drug-likeness (QED) is 0.519. The molecular weight excluding hydrogens is 128 g/mol. The van der Waals surface area contributed by atoms with Crippen LogP contribution in [0.25, 0.3) is 0 Å². The van der Waals surface area contributed by atoms with E-state index in [1.165, 1.54) is 0 Å². The van der Waals surface area contributed by atoms with E-state index in [1.807, 2.05) is 27.7 Å². The van der Waals surface area contributed by atoms with Crippen molar-refractivity contribution in [3.63, 3.8) is 0 Å². The normalized spacial score (nSPS) is 16.4. The van der Waals surface area contributed by atoms with Crippen LogP contribution in [0.4, 0.5) is 0 Å². The minimum absolute atomic E-state index is 0.698. The Morgan fingerprint density at radius 1 is 0.900 bits per heavy atom. The molecule has 60 valence electrons. The lowest BCUT2D eigenvalue weighted by atomic mass is 10.4. The monoisotopic (exact) mass is 144 g/mol. The summed E-state index contributed by atoms with van der Waals surface area (Å²) in [5, 5.41) is 0. The molecule has 1 heterocycles. The Morgan fingerprint density at radius 2 is 1.20 bits per heavy atom. The van der Waals surface area contributed by atoms with Gasteiger partial charge in [-0.3, -0.25) is 0 Å². The summed E-state index contributed by atoms with van der Waals surface area (Å²) >= 11 is 0. The number of allylic oxidation sites excluding steroid dienone is 2. The smallest absolute Gasteiger partial charge is 0.130 e. The number of ether oxygens (including phenoxy) is 2. The van der Waals surface area contributed by atoms with Gasteiger partial charge in [0, 0.05) is 0 Å². The second-order valence-electron chi connectivity index (χ2n) is 1.81. The summed E-state index contributed by atoms with van der Waals surface area (Å²) in [6, 6.07) is 0. The summed E-state index contributed by atoms with van der Waals surface area (Å²) in [6.45, 7) is 9.22. The molecule has 0 aromatic rings. The van der Waals surface area contributed by atoms with Gasteiger partial charge in [-0.15, -0.1) is 0 Å². The molecule has 0 radical (unpaired) electrons. The van der Waals surface area contributed by atoms with Crippen molar-refractivity contribution >= 4 is 0 Å². The van der Waals surface area contributed by atoms with Crippen molar-refractivity contribution < 1.29 is 9.47 Å². The van der Waals surface area contributed by atoms with E-state index in [-0.39, 0.29) is 0 Å². The predicted octanol–water partition coefficient (Wildman–Crippen LogP) is 2.31. The first kappa shape index (κ1) is 9.34. The number of rotatable bonds is 0. The molecule has 1 aliphatic rings. The maximum Gasteiger partial charge on any atom is 0.130 e. The Morgan fingerprint density at radius 3 is 1.40 bits per heavy atom. The average molecular weight is 144 g/mol. The van der Waals surface area contributed by atoms with Crippen LogP contribution in [-0.2, 0) is 9.47 Å². The van der Waals surface area contributed by atoms with E-state index in [0.717, 1.165) is 11.5 Å². The Kier molecular flexibility index (Phi) is 4.81. The van der Waals surface area contributed by atoms with Crippen LogP contribution in [0, 0.1) is 0 Å². The summed E-state index contributed by atoms with van der Waals surface area (Å²) in [5.41, 5.74) is 0. The van der Waals surface area contributed by atoms with Gasteiger partial charge in [-0.1, -0.05) is 13.8 Å². The molecule has 0 atom stereocenters. The van der Waals surface area contributed by atoms with Crippen LogP contribution in [0.5, 0.6) is 0 Å². The summed E-state index contributed by atoms with van der Waals surface area (Å²) < 4.78 is 10.3. The van der Waals surface area contributed by atoms with Crippen molar-refractivity contribution in [3.05, 3.63) is 11.5 Å². The van der Waals surface area contributed by atoms with Gasteiger partial charge < -0.3 is 9.47 Å². The van der Waals surface area contributed by atoms with Crippen molar-refractivity contribution in [1.29, 1.82) is 0 Å². The van der Waals surface area contributed by atoms with Gasteiger partial charge in [0.1, 0.15) is 24.7 Å². The highest BCUT2D eigenvalue weighted by atomic mass is 16.6. The fourth-order valence-electron chi connectivity index (χ4n) is 0.593. The Labute approximate surface area is 62.8 Å². The lowest BCUT2D eigenvalue weighted by molar-refractivity contribution is 0.0648. The van der Waals surface area contributed by atoms with Gasteiger partial charge in [-0.25, -0.2) is 0 Å². The lowest BCUT2D eigenvalue weighted by Gasteiger charge is -2.16. The van der Waals surface area contributed by atoms with Crippen LogP contribution < -0.4 is 0 Å². The van der Waals surface area contributed by atoms with Crippen LogP contribution in [0.15, 0.2) is 11.5 Å². The van der Waals surface area contributed by atoms with Crippen molar-refractivity contribution in [2.24, 2.45) is 0 Å². The van der Waals surface area contributed by atoms with Crippen LogP contribution in [-0.4, -0.2) is 13.2 Å². The zero-order valence-corrected chi connectivity index (χ0v) is 7.23. The zero-order chi connectivity index (χ0) is 7.98. The van der Waals surface area contributed by atoms with Gasteiger partial charge in [0.2, 0.25) is 0 Å². The highest BCUT2D eigenvalue weighted by molar-refractivity contribution is 4.96. The van der Waals surface area contributed by atoms with Crippen LogP contribution in [0.2, 0.25) is 0 Å². The van der Waals surface area contributed by atoms with E-state index in [4.69, 9.17) is 9.47 Å². The number of hydrogen-bond donors (Lipinski definition) is 0. The minimum Gasteiger partial charge on any atom is -0.491 e. The van der Waals surface area contributed by atoms with Crippen molar-refractivity contribution in [3.8, 4) is 0 Å². The van der Waals surface area contributed by atoms with Crippen molar-refractivity contribution in [1.82, 2.24) is 0 Å². The molecule has 0 unspecified atom stereocenters. The first-order chi connectivity index (χ1) is 4.80. The van der Waals surface area contributed by atoms with E-state index in [9.17, 15) is 0 Å². The molecule has 0 saturated heterocycles. The van der Waals surface area contributed by atoms with E-state index < -0.39 is 0 Å². The molecule has 2 heteroatoms. The maximum atomic E-state index is 5.14. The third kappa shape index (κ3) is 2.76. The van der Waals surface area contributed by atoms with Gasteiger partial charge >= 0.3 is 0 Å². The topological polar surface area (TPSA) is 18.5 Å². The average Bonchev–Trinajstić information content (AvgIpc) is 2.00. The van der Waals surface area contributed by atoms with Crippen molar-refractivity contribution in [2.75, 3.05) is 13.2 Å². The molecule has 1 aliphatic heterocycles. The number of hydrogen-bond acceptors (Lipinski definition) is 2. The van der Waals surface area contributed by atoms with Crippen molar-refractivity contribution in [2.45, 2.75) is 27.7 Å². The Balaban J connectivity index is 0.000000371. The van der Waals surface area contributed by atoms with Gasteiger partial charge in [-0.05, 0) is 13.8 Å². The molecule has 0 aromatic heterocycles. The summed E-state index contributed by atoms with van der Waals surface area (Å²) in [6.07, 6.45) is 0. The SMILES string of the molecule is CC.CC1=C(C)OCCO1.